The van der Waals surface area contributed by atoms with Crippen LogP contribution in [0.4, 0.5) is 0 Å². The van der Waals surface area contributed by atoms with Gasteiger partial charge in [0.05, 0.1) is 0 Å². The van der Waals surface area contributed by atoms with E-state index in [4.69, 9.17) is 5.73 Å². The van der Waals surface area contributed by atoms with Crippen LogP contribution in [0.15, 0.2) is 0 Å². The average molecular weight is 170 g/mol. The van der Waals surface area contributed by atoms with E-state index in [0.717, 1.165) is 24.8 Å². The maximum Gasteiger partial charge on any atom is 0.00126 e. The largest absolute Gasteiger partial charge is 0.330 e. The van der Waals surface area contributed by atoms with Crippen molar-refractivity contribution in [1.82, 2.24) is 4.90 Å². The van der Waals surface area contributed by atoms with Crippen molar-refractivity contribution < 1.29 is 0 Å². The molecule has 0 aromatic heterocycles. The summed E-state index contributed by atoms with van der Waals surface area (Å²) in [7, 11) is 0. The van der Waals surface area contributed by atoms with E-state index < -0.39 is 0 Å². The first kappa shape index (κ1) is 10.0. The van der Waals surface area contributed by atoms with E-state index in [1.165, 1.54) is 26.1 Å². The molecule has 0 aromatic carbocycles. The minimum Gasteiger partial charge on any atom is -0.330 e. The van der Waals surface area contributed by atoms with E-state index in [-0.39, 0.29) is 0 Å². The van der Waals surface area contributed by atoms with E-state index in [9.17, 15) is 0 Å². The number of nitrogens with two attached hydrogens (primary N) is 1. The molecule has 72 valence electrons. The first-order valence-electron chi connectivity index (χ1n) is 5.16. The third kappa shape index (κ3) is 2.76. The quantitative estimate of drug-likeness (QED) is 0.689. The molecule has 1 saturated heterocycles. The summed E-state index contributed by atoms with van der Waals surface area (Å²) < 4.78 is 0. The van der Waals surface area contributed by atoms with Gasteiger partial charge in [-0.05, 0) is 44.3 Å². The van der Waals surface area contributed by atoms with Gasteiger partial charge in [-0.25, -0.2) is 0 Å². The molecular weight excluding hydrogens is 148 g/mol. The van der Waals surface area contributed by atoms with E-state index >= 15 is 0 Å². The summed E-state index contributed by atoms with van der Waals surface area (Å²) in [5.74, 6) is 1.79. The van der Waals surface area contributed by atoms with Gasteiger partial charge in [0.2, 0.25) is 0 Å². The smallest absolute Gasteiger partial charge is 0.00126 e. The molecule has 1 rings (SSSR count). The molecule has 0 amide bonds. The summed E-state index contributed by atoms with van der Waals surface area (Å²) in [5, 5.41) is 0. The second kappa shape index (κ2) is 4.83. The Morgan fingerprint density at radius 3 is 2.75 bits per heavy atom. The molecule has 2 heteroatoms. The molecule has 0 saturated carbocycles. The lowest BCUT2D eigenvalue weighted by molar-refractivity contribution is 0.301. The summed E-state index contributed by atoms with van der Waals surface area (Å²) in [6, 6.07) is 0. The standard InChI is InChI=1S/C10H22N2/c1-9(2)10-4-7-12(8-10)6-3-5-11/h9-10H,3-8,11H2,1-2H3. The Morgan fingerprint density at radius 2 is 2.25 bits per heavy atom. The number of nitrogens with zero attached hydrogens (tertiary/aromatic N) is 1. The molecule has 0 spiro atoms. The maximum absolute atomic E-state index is 5.47. The van der Waals surface area contributed by atoms with Crippen molar-refractivity contribution in [1.29, 1.82) is 0 Å². The molecule has 1 aliphatic rings. The van der Waals surface area contributed by atoms with Gasteiger partial charge in [0.15, 0.2) is 0 Å². The molecule has 1 fully saturated rings. The SMILES string of the molecule is CC(C)C1CCN(CCCN)C1. The fourth-order valence-electron chi connectivity index (χ4n) is 1.92. The van der Waals surface area contributed by atoms with Crippen molar-refractivity contribution >= 4 is 0 Å². The second-order valence-electron chi connectivity index (χ2n) is 4.24. The van der Waals surface area contributed by atoms with Crippen molar-refractivity contribution in [2.24, 2.45) is 17.6 Å². The molecule has 2 N–H and O–H groups in total. The fourth-order valence-corrected chi connectivity index (χ4v) is 1.92. The Labute approximate surface area is 76.1 Å². The number of rotatable bonds is 4. The molecule has 1 heterocycles. The van der Waals surface area contributed by atoms with Crippen molar-refractivity contribution in [3.05, 3.63) is 0 Å². The molecule has 0 aliphatic carbocycles. The van der Waals surface area contributed by atoms with Gasteiger partial charge in [-0.2, -0.15) is 0 Å². The van der Waals surface area contributed by atoms with Gasteiger partial charge in [-0.15, -0.1) is 0 Å². The fraction of sp³-hybridized carbons (Fsp3) is 1.00. The summed E-state index contributed by atoms with van der Waals surface area (Å²) in [6.07, 6.45) is 2.55. The lowest BCUT2D eigenvalue weighted by atomic mass is 9.95. The van der Waals surface area contributed by atoms with Gasteiger partial charge in [0.1, 0.15) is 0 Å². The highest BCUT2D eigenvalue weighted by molar-refractivity contribution is 4.77. The zero-order valence-corrected chi connectivity index (χ0v) is 8.42. The molecule has 2 nitrogen and oxygen atoms in total. The van der Waals surface area contributed by atoms with Gasteiger partial charge in [-0.1, -0.05) is 13.8 Å². The van der Waals surface area contributed by atoms with Crippen molar-refractivity contribution in [2.45, 2.75) is 26.7 Å². The summed E-state index contributed by atoms with van der Waals surface area (Å²) in [5.41, 5.74) is 5.47. The van der Waals surface area contributed by atoms with Crippen LogP contribution in [0.3, 0.4) is 0 Å². The third-order valence-corrected chi connectivity index (χ3v) is 2.93. The average Bonchev–Trinajstić information content (AvgIpc) is 2.48. The first-order chi connectivity index (χ1) is 5.74. The van der Waals surface area contributed by atoms with Crippen LogP contribution in [-0.4, -0.2) is 31.1 Å². The van der Waals surface area contributed by atoms with Crippen molar-refractivity contribution in [2.75, 3.05) is 26.2 Å². The molecule has 0 bridgehead atoms. The van der Waals surface area contributed by atoms with Crippen LogP contribution in [0.2, 0.25) is 0 Å². The van der Waals surface area contributed by atoms with Crippen LogP contribution in [0.1, 0.15) is 26.7 Å². The van der Waals surface area contributed by atoms with Crippen molar-refractivity contribution in [3.63, 3.8) is 0 Å². The highest BCUT2D eigenvalue weighted by Gasteiger charge is 2.23. The molecule has 0 radical (unpaired) electrons. The topological polar surface area (TPSA) is 29.3 Å². The van der Waals surface area contributed by atoms with Gasteiger partial charge in [0.25, 0.3) is 0 Å². The van der Waals surface area contributed by atoms with E-state index in [0.29, 0.717) is 0 Å². The molecule has 12 heavy (non-hydrogen) atoms. The van der Waals surface area contributed by atoms with Crippen LogP contribution >= 0.6 is 0 Å². The number of likely N-dealkylation sites (tertiary alicyclic amines) is 1. The predicted molar refractivity (Wildman–Crippen MR) is 53.1 cm³/mol. The first-order valence-corrected chi connectivity index (χ1v) is 5.16. The normalized spacial score (nSPS) is 25.5. The Hall–Kier alpha value is -0.0800. The van der Waals surface area contributed by atoms with Crippen LogP contribution in [-0.2, 0) is 0 Å². The van der Waals surface area contributed by atoms with Crippen LogP contribution in [0.25, 0.3) is 0 Å². The zero-order valence-electron chi connectivity index (χ0n) is 8.42. The van der Waals surface area contributed by atoms with Crippen LogP contribution in [0.5, 0.6) is 0 Å². The second-order valence-corrected chi connectivity index (χ2v) is 4.24. The highest BCUT2D eigenvalue weighted by atomic mass is 15.1. The summed E-state index contributed by atoms with van der Waals surface area (Å²) in [6.45, 7) is 9.30. The maximum atomic E-state index is 5.47. The molecule has 1 atom stereocenters. The number of hydrogen-bond donors (Lipinski definition) is 1. The van der Waals surface area contributed by atoms with Gasteiger partial charge in [-0.3, -0.25) is 0 Å². The van der Waals surface area contributed by atoms with Crippen LogP contribution in [0, 0.1) is 11.8 Å². The third-order valence-electron chi connectivity index (χ3n) is 2.93. The summed E-state index contributed by atoms with van der Waals surface area (Å²) >= 11 is 0. The number of hydrogen-bond acceptors (Lipinski definition) is 2. The molecule has 1 aliphatic heterocycles. The Kier molecular flexibility index (Phi) is 4.02. The lowest BCUT2D eigenvalue weighted by Crippen LogP contribution is -2.24. The van der Waals surface area contributed by atoms with E-state index in [1.807, 2.05) is 0 Å². The summed E-state index contributed by atoms with van der Waals surface area (Å²) in [4.78, 5) is 2.55. The highest BCUT2D eigenvalue weighted by Crippen LogP contribution is 2.23. The zero-order chi connectivity index (χ0) is 8.97. The van der Waals surface area contributed by atoms with Crippen molar-refractivity contribution in [3.8, 4) is 0 Å². The molecule has 0 aromatic rings. The van der Waals surface area contributed by atoms with E-state index in [1.54, 1.807) is 0 Å². The van der Waals surface area contributed by atoms with Gasteiger partial charge in [0, 0.05) is 6.54 Å². The Bertz CT molecular complexity index is 123. The molecule has 1 unspecified atom stereocenters. The Morgan fingerprint density at radius 1 is 1.50 bits per heavy atom. The monoisotopic (exact) mass is 170 g/mol. The van der Waals surface area contributed by atoms with Gasteiger partial charge >= 0.3 is 0 Å². The van der Waals surface area contributed by atoms with Crippen LogP contribution < -0.4 is 5.73 Å². The molecular formula is C10H22N2. The minimum atomic E-state index is 0.836. The minimum absolute atomic E-state index is 0.836. The predicted octanol–water partition coefficient (Wildman–Crippen LogP) is 1.31. The lowest BCUT2D eigenvalue weighted by Gasteiger charge is -2.17. The van der Waals surface area contributed by atoms with Gasteiger partial charge < -0.3 is 10.6 Å². The Balaban J connectivity index is 2.17. The van der Waals surface area contributed by atoms with E-state index in [2.05, 4.69) is 18.7 Å².